The van der Waals surface area contributed by atoms with Gasteiger partial charge >= 0.3 is 0 Å². The topological polar surface area (TPSA) is 88.9 Å². The Kier molecular flexibility index (Phi) is 5.06. The van der Waals surface area contributed by atoms with E-state index in [9.17, 15) is 9.59 Å². The summed E-state index contributed by atoms with van der Waals surface area (Å²) in [6.45, 7) is 0. The van der Waals surface area contributed by atoms with Gasteiger partial charge in [0.05, 0.1) is 18.3 Å². The molecule has 2 amide bonds. The van der Waals surface area contributed by atoms with Gasteiger partial charge in [-0.2, -0.15) is 9.90 Å². The molecule has 0 saturated carbocycles. The number of nitrogens with one attached hydrogen (secondary N) is 2. The molecule has 8 heteroatoms. The lowest BCUT2D eigenvalue weighted by Crippen LogP contribution is -2.42. The summed E-state index contributed by atoms with van der Waals surface area (Å²) in [6.07, 6.45) is 1.45. The Hall–Kier alpha value is -3.19. The van der Waals surface area contributed by atoms with Gasteiger partial charge < -0.3 is 0 Å². The smallest absolute Gasteiger partial charge is 0.273 e. The van der Waals surface area contributed by atoms with Crippen LogP contribution in [0.1, 0.15) is 16.1 Å². The Bertz CT molecular complexity index is 878. The number of hydrogen-bond donors (Lipinski definition) is 2. The zero-order valence-corrected chi connectivity index (χ0v) is 13.8. The minimum atomic E-state index is -0.549. The van der Waals surface area contributed by atoms with E-state index < -0.39 is 5.91 Å². The second-order valence-electron chi connectivity index (χ2n) is 5.16. The van der Waals surface area contributed by atoms with Crippen molar-refractivity contribution in [2.45, 2.75) is 6.42 Å². The summed E-state index contributed by atoms with van der Waals surface area (Å²) < 4.78 is 0. The molecule has 0 atom stereocenters. The Labute approximate surface area is 148 Å². The van der Waals surface area contributed by atoms with Gasteiger partial charge in [-0.15, -0.1) is 5.10 Å². The number of nitrogens with zero attached hydrogens (tertiary/aromatic N) is 3. The molecular formula is C17H14ClN5O2. The van der Waals surface area contributed by atoms with E-state index in [-0.39, 0.29) is 18.0 Å². The van der Waals surface area contributed by atoms with Crippen LogP contribution in [0.5, 0.6) is 0 Å². The minimum Gasteiger partial charge on any atom is -0.273 e. The van der Waals surface area contributed by atoms with Gasteiger partial charge in [-0.1, -0.05) is 41.9 Å². The lowest BCUT2D eigenvalue weighted by molar-refractivity contribution is -0.121. The summed E-state index contributed by atoms with van der Waals surface area (Å²) in [4.78, 5) is 25.2. The predicted octanol–water partition coefficient (Wildman–Crippen LogP) is 1.92. The van der Waals surface area contributed by atoms with Gasteiger partial charge in [0.2, 0.25) is 5.91 Å². The van der Waals surface area contributed by atoms with Gasteiger partial charge in [-0.3, -0.25) is 20.4 Å². The third kappa shape index (κ3) is 4.42. The van der Waals surface area contributed by atoms with Gasteiger partial charge in [0.1, 0.15) is 0 Å². The molecule has 126 valence electrons. The predicted molar refractivity (Wildman–Crippen MR) is 92.1 cm³/mol. The number of aromatic nitrogens is 3. The maximum Gasteiger partial charge on any atom is 0.291 e. The van der Waals surface area contributed by atoms with Crippen LogP contribution in [0.15, 0.2) is 60.8 Å². The average molecular weight is 356 g/mol. The average Bonchev–Trinajstić information content (AvgIpc) is 3.13. The van der Waals surface area contributed by atoms with Crippen LogP contribution >= 0.6 is 11.6 Å². The highest BCUT2D eigenvalue weighted by molar-refractivity contribution is 6.30. The van der Waals surface area contributed by atoms with Crippen molar-refractivity contribution in [2.75, 3.05) is 0 Å². The van der Waals surface area contributed by atoms with Gasteiger partial charge in [-0.05, 0) is 29.8 Å². The van der Waals surface area contributed by atoms with Gasteiger partial charge in [-0.25, -0.2) is 0 Å². The van der Waals surface area contributed by atoms with Crippen molar-refractivity contribution < 1.29 is 9.59 Å². The van der Waals surface area contributed by atoms with Gasteiger partial charge in [0.15, 0.2) is 5.69 Å². The lowest BCUT2D eigenvalue weighted by atomic mass is 10.1. The first-order chi connectivity index (χ1) is 12.1. The van der Waals surface area contributed by atoms with E-state index in [4.69, 9.17) is 11.6 Å². The van der Waals surface area contributed by atoms with E-state index in [2.05, 4.69) is 21.0 Å². The monoisotopic (exact) mass is 355 g/mol. The number of para-hydroxylation sites is 1. The van der Waals surface area contributed by atoms with Crippen LogP contribution in [0.3, 0.4) is 0 Å². The van der Waals surface area contributed by atoms with E-state index in [0.29, 0.717) is 5.02 Å². The Balaban J connectivity index is 1.55. The molecule has 2 aromatic carbocycles. The third-order valence-electron chi connectivity index (χ3n) is 3.31. The highest BCUT2D eigenvalue weighted by atomic mass is 35.5. The van der Waals surface area contributed by atoms with E-state index >= 15 is 0 Å². The molecule has 1 heterocycles. The Morgan fingerprint density at radius 3 is 2.44 bits per heavy atom. The molecule has 3 rings (SSSR count). The van der Waals surface area contributed by atoms with Crippen molar-refractivity contribution in [3.8, 4) is 5.69 Å². The molecule has 1 aromatic heterocycles. The first-order valence-electron chi connectivity index (χ1n) is 7.43. The zero-order chi connectivity index (χ0) is 17.6. The SMILES string of the molecule is O=C(Cc1ccc(Cl)cc1)NNC(=O)c1cnn(-c2ccccc2)n1. The third-order valence-corrected chi connectivity index (χ3v) is 3.56. The number of carbonyl (C=O) groups is 2. The quantitative estimate of drug-likeness (QED) is 0.700. The second kappa shape index (κ2) is 7.59. The molecule has 3 aromatic rings. The zero-order valence-electron chi connectivity index (χ0n) is 13.0. The number of carbonyl (C=O) groups excluding carboxylic acids is 2. The molecule has 0 bridgehead atoms. The fraction of sp³-hybridized carbons (Fsp3) is 0.0588. The van der Waals surface area contributed by atoms with E-state index in [1.807, 2.05) is 30.3 Å². The van der Waals surface area contributed by atoms with Crippen LogP contribution in [-0.4, -0.2) is 26.8 Å². The minimum absolute atomic E-state index is 0.0932. The maximum atomic E-state index is 12.0. The lowest BCUT2D eigenvalue weighted by Gasteiger charge is -2.06. The molecule has 0 radical (unpaired) electrons. The van der Waals surface area contributed by atoms with Gasteiger partial charge in [0, 0.05) is 5.02 Å². The van der Waals surface area contributed by atoms with E-state index in [1.165, 1.54) is 11.0 Å². The number of hydrogen-bond acceptors (Lipinski definition) is 4. The largest absolute Gasteiger partial charge is 0.291 e. The summed E-state index contributed by atoms with van der Waals surface area (Å²) in [6, 6.07) is 16.1. The van der Waals surface area contributed by atoms with Crippen molar-refractivity contribution in [1.29, 1.82) is 0 Å². The number of halogens is 1. The van der Waals surface area contributed by atoms with Crippen molar-refractivity contribution in [1.82, 2.24) is 25.8 Å². The van der Waals surface area contributed by atoms with Crippen LogP contribution in [0.25, 0.3) is 5.69 Å². The number of rotatable bonds is 4. The second-order valence-corrected chi connectivity index (χ2v) is 5.60. The summed E-state index contributed by atoms with van der Waals surface area (Å²) in [7, 11) is 0. The fourth-order valence-corrected chi connectivity index (χ4v) is 2.20. The first kappa shape index (κ1) is 16.7. The van der Waals surface area contributed by atoms with Crippen LogP contribution in [0.4, 0.5) is 0 Å². The van der Waals surface area contributed by atoms with Gasteiger partial charge in [0.25, 0.3) is 5.91 Å². The fourth-order valence-electron chi connectivity index (χ4n) is 2.08. The van der Waals surface area contributed by atoms with Crippen LogP contribution < -0.4 is 10.9 Å². The highest BCUT2D eigenvalue weighted by Crippen LogP contribution is 2.09. The molecule has 0 fully saturated rings. The molecule has 0 aliphatic heterocycles. The van der Waals surface area contributed by atoms with Crippen LogP contribution in [0.2, 0.25) is 5.02 Å². The highest BCUT2D eigenvalue weighted by Gasteiger charge is 2.12. The normalized spacial score (nSPS) is 10.3. The molecular weight excluding hydrogens is 342 g/mol. The van der Waals surface area contributed by atoms with E-state index in [1.54, 1.807) is 24.3 Å². The Morgan fingerprint density at radius 2 is 1.72 bits per heavy atom. The first-order valence-corrected chi connectivity index (χ1v) is 7.81. The summed E-state index contributed by atoms with van der Waals surface area (Å²) >= 11 is 5.79. The Morgan fingerprint density at radius 1 is 1.00 bits per heavy atom. The maximum absolute atomic E-state index is 12.0. The summed E-state index contributed by atoms with van der Waals surface area (Å²) in [5.74, 6) is -0.905. The molecule has 0 aliphatic carbocycles. The van der Waals surface area contributed by atoms with Crippen molar-refractivity contribution >= 4 is 23.4 Å². The molecule has 25 heavy (non-hydrogen) atoms. The van der Waals surface area contributed by atoms with E-state index in [0.717, 1.165) is 11.3 Å². The molecule has 2 N–H and O–H groups in total. The van der Waals surface area contributed by atoms with Crippen molar-refractivity contribution in [3.63, 3.8) is 0 Å². The van der Waals surface area contributed by atoms with Crippen molar-refractivity contribution in [3.05, 3.63) is 77.1 Å². The molecule has 0 spiro atoms. The van der Waals surface area contributed by atoms with Crippen molar-refractivity contribution in [2.24, 2.45) is 0 Å². The summed E-state index contributed by atoms with van der Waals surface area (Å²) in [5.41, 5.74) is 6.27. The molecule has 7 nitrogen and oxygen atoms in total. The standard InChI is InChI=1S/C17H14ClN5O2/c18-13-8-6-12(7-9-13)10-16(24)20-21-17(25)15-11-19-23(22-15)14-4-2-1-3-5-14/h1-9,11H,10H2,(H,20,24)(H,21,25). The van der Waals surface area contributed by atoms with Crippen LogP contribution in [0, 0.1) is 0 Å². The molecule has 0 unspecified atom stereocenters. The number of hydrazine groups is 1. The number of amides is 2. The summed E-state index contributed by atoms with van der Waals surface area (Å²) in [5, 5.41) is 8.71. The number of benzene rings is 2. The van der Waals surface area contributed by atoms with Crippen LogP contribution in [-0.2, 0) is 11.2 Å². The molecule has 0 aliphatic rings. The molecule has 0 saturated heterocycles.